The molecule has 5 rings (SSSR count). The third kappa shape index (κ3) is 8.00. The molecule has 4 aromatic carbocycles. The molecule has 1 atom stereocenters. The Hall–Kier alpha value is -4.43. The number of carbonyl (C=O) groups excluding carboxylic acids is 2. The molecule has 0 heterocycles. The molecule has 0 aliphatic heterocycles. The van der Waals surface area contributed by atoms with E-state index in [1.807, 2.05) is 86.6 Å². The van der Waals surface area contributed by atoms with Crippen LogP contribution in [0.1, 0.15) is 47.9 Å². The largest absolute Gasteiger partial charge is 0.352 e. The molecule has 1 saturated carbocycles. The number of anilines is 1. The van der Waals surface area contributed by atoms with Crippen molar-refractivity contribution in [3.63, 3.8) is 0 Å². The third-order valence-corrected chi connectivity index (χ3v) is 10.2. The van der Waals surface area contributed by atoms with Crippen molar-refractivity contribution in [1.82, 2.24) is 10.2 Å². The predicted molar refractivity (Wildman–Crippen MR) is 178 cm³/mol. The van der Waals surface area contributed by atoms with E-state index in [-0.39, 0.29) is 23.4 Å². The van der Waals surface area contributed by atoms with Crippen LogP contribution >= 0.6 is 0 Å². The summed E-state index contributed by atoms with van der Waals surface area (Å²) in [4.78, 5) is 30.3. The molecule has 0 radical (unpaired) electrons. The highest BCUT2D eigenvalue weighted by Gasteiger charge is 2.36. The Morgan fingerprint density at radius 3 is 2.00 bits per heavy atom. The van der Waals surface area contributed by atoms with Gasteiger partial charge in [0.05, 0.1) is 10.6 Å². The summed E-state index contributed by atoms with van der Waals surface area (Å²) >= 11 is 0. The van der Waals surface area contributed by atoms with Gasteiger partial charge in [0, 0.05) is 19.0 Å². The van der Waals surface area contributed by atoms with Crippen molar-refractivity contribution in [2.75, 3.05) is 10.8 Å². The summed E-state index contributed by atoms with van der Waals surface area (Å²) in [5.41, 5.74) is 3.79. The fourth-order valence-corrected chi connectivity index (χ4v) is 7.41. The van der Waals surface area contributed by atoms with E-state index in [1.54, 1.807) is 29.2 Å². The highest BCUT2D eigenvalue weighted by molar-refractivity contribution is 7.92. The lowest BCUT2D eigenvalue weighted by Crippen LogP contribution is -2.54. The van der Waals surface area contributed by atoms with Crippen LogP contribution in [0.2, 0.25) is 0 Å². The van der Waals surface area contributed by atoms with Crippen molar-refractivity contribution < 1.29 is 18.0 Å². The van der Waals surface area contributed by atoms with E-state index in [0.29, 0.717) is 12.1 Å². The van der Waals surface area contributed by atoms with E-state index >= 15 is 0 Å². The zero-order valence-corrected chi connectivity index (χ0v) is 26.7. The second-order valence-corrected chi connectivity index (χ2v) is 13.7. The molecular formula is C37H41N3O4S. The van der Waals surface area contributed by atoms with Gasteiger partial charge < -0.3 is 10.2 Å². The molecular weight excluding hydrogens is 582 g/mol. The Bertz CT molecular complexity index is 1690. The first-order chi connectivity index (χ1) is 21.7. The van der Waals surface area contributed by atoms with Crippen LogP contribution in [0.3, 0.4) is 0 Å². The quantitative estimate of drug-likeness (QED) is 0.204. The molecule has 2 amide bonds. The molecule has 7 nitrogen and oxygen atoms in total. The first-order valence-electron chi connectivity index (χ1n) is 15.5. The van der Waals surface area contributed by atoms with Crippen LogP contribution in [-0.2, 0) is 32.6 Å². The topological polar surface area (TPSA) is 86.8 Å². The summed E-state index contributed by atoms with van der Waals surface area (Å²) in [7, 11) is -4.13. The molecule has 0 bridgehead atoms. The van der Waals surface area contributed by atoms with E-state index in [9.17, 15) is 18.0 Å². The van der Waals surface area contributed by atoms with Gasteiger partial charge in [0.2, 0.25) is 11.8 Å². The number of benzene rings is 4. The number of sulfonamides is 1. The summed E-state index contributed by atoms with van der Waals surface area (Å²) in [6, 6.07) is 32.1. The molecule has 4 aromatic rings. The Labute approximate surface area is 266 Å². The number of hydrogen-bond acceptors (Lipinski definition) is 4. The van der Waals surface area contributed by atoms with Crippen molar-refractivity contribution >= 4 is 27.5 Å². The molecule has 1 fully saturated rings. The Kier molecular flexibility index (Phi) is 10.4. The van der Waals surface area contributed by atoms with Gasteiger partial charge in [-0.25, -0.2) is 8.42 Å². The summed E-state index contributed by atoms with van der Waals surface area (Å²) in [5, 5.41) is 3.21. The van der Waals surface area contributed by atoms with E-state index in [4.69, 9.17) is 0 Å². The molecule has 1 aliphatic rings. The average Bonchev–Trinajstić information content (AvgIpc) is 3.57. The number of aryl methyl sites for hydroxylation is 2. The third-order valence-electron chi connectivity index (χ3n) is 8.41. The Morgan fingerprint density at radius 2 is 1.38 bits per heavy atom. The Balaban J connectivity index is 1.57. The van der Waals surface area contributed by atoms with Crippen LogP contribution in [-0.4, -0.2) is 43.8 Å². The number of carbonyl (C=O) groups is 2. The number of rotatable bonds is 12. The van der Waals surface area contributed by atoms with Gasteiger partial charge in [-0.15, -0.1) is 0 Å². The summed E-state index contributed by atoms with van der Waals surface area (Å²) < 4.78 is 29.6. The highest BCUT2D eigenvalue weighted by atomic mass is 32.2. The lowest BCUT2D eigenvalue weighted by Gasteiger charge is -2.34. The molecule has 8 heteroatoms. The summed E-state index contributed by atoms with van der Waals surface area (Å²) in [6.45, 7) is 3.42. The summed E-state index contributed by atoms with van der Waals surface area (Å²) in [5.74, 6) is -0.680. The molecule has 0 saturated heterocycles. The molecule has 0 spiro atoms. The minimum absolute atomic E-state index is 0.0642. The average molecular weight is 624 g/mol. The van der Waals surface area contributed by atoms with Crippen molar-refractivity contribution in [1.29, 1.82) is 0 Å². The van der Waals surface area contributed by atoms with E-state index < -0.39 is 28.5 Å². The maximum atomic E-state index is 14.6. The predicted octanol–water partition coefficient (Wildman–Crippen LogP) is 6.20. The van der Waals surface area contributed by atoms with E-state index in [1.165, 1.54) is 16.4 Å². The smallest absolute Gasteiger partial charge is 0.264 e. The maximum Gasteiger partial charge on any atom is 0.264 e. The SMILES string of the molecule is Cc1ccc(C)c(N(CC(=O)N(Cc2ccccc2)[C@H](Cc2ccccc2)C(=O)NC2CCCC2)S(=O)(=O)c2ccccc2)c1. The first-order valence-corrected chi connectivity index (χ1v) is 17.0. The molecule has 0 unspecified atom stereocenters. The van der Waals surface area contributed by atoms with Crippen LogP contribution in [0.15, 0.2) is 114 Å². The fourth-order valence-electron chi connectivity index (χ4n) is 5.92. The highest BCUT2D eigenvalue weighted by Crippen LogP contribution is 2.29. The van der Waals surface area contributed by atoms with Crippen LogP contribution in [0.5, 0.6) is 0 Å². The molecule has 1 aliphatic carbocycles. The Morgan fingerprint density at radius 1 is 0.800 bits per heavy atom. The molecule has 0 aromatic heterocycles. The van der Waals surface area contributed by atoms with Crippen molar-refractivity contribution in [3.8, 4) is 0 Å². The van der Waals surface area contributed by atoms with Crippen LogP contribution < -0.4 is 9.62 Å². The van der Waals surface area contributed by atoms with Crippen molar-refractivity contribution in [2.24, 2.45) is 0 Å². The van der Waals surface area contributed by atoms with Gasteiger partial charge in [0.15, 0.2) is 0 Å². The normalized spacial score (nSPS) is 14.1. The molecule has 45 heavy (non-hydrogen) atoms. The molecule has 1 N–H and O–H groups in total. The fraction of sp³-hybridized carbons (Fsp3) is 0.297. The zero-order chi connectivity index (χ0) is 31.8. The van der Waals surface area contributed by atoms with Gasteiger partial charge in [-0.3, -0.25) is 13.9 Å². The van der Waals surface area contributed by atoms with Crippen LogP contribution in [0.4, 0.5) is 5.69 Å². The number of nitrogens with zero attached hydrogens (tertiary/aromatic N) is 2. The van der Waals surface area contributed by atoms with Gasteiger partial charge in [0.1, 0.15) is 12.6 Å². The standard InChI is InChI=1S/C37H41N3O4S/c1-28-22-23-29(2)34(24-28)40(45(43,44)33-20-10-5-11-21-33)27-36(41)39(26-31-16-8-4-9-17-31)35(25-30-14-6-3-7-15-30)37(42)38-32-18-12-13-19-32/h3-11,14-17,20-24,32,35H,12-13,18-19,25-27H2,1-2H3,(H,38,42)/t35-/m1/s1. The van der Waals surface area contributed by atoms with Crippen LogP contribution in [0, 0.1) is 13.8 Å². The van der Waals surface area contributed by atoms with Crippen LogP contribution in [0.25, 0.3) is 0 Å². The molecule has 234 valence electrons. The van der Waals surface area contributed by atoms with Crippen molar-refractivity contribution in [2.45, 2.75) is 69.5 Å². The minimum atomic E-state index is -4.13. The van der Waals surface area contributed by atoms with Gasteiger partial charge in [-0.1, -0.05) is 104 Å². The zero-order valence-electron chi connectivity index (χ0n) is 25.9. The lowest BCUT2D eigenvalue weighted by atomic mass is 10.0. The van der Waals surface area contributed by atoms with Gasteiger partial charge in [-0.2, -0.15) is 0 Å². The van der Waals surface area contributed by atoms with Gasteiger partial charge in [0.25, 0.3) is 10.0 Å². The minimum Gasteiger partial charge on any atom is -0.352 e. The lowest BCUT2D eigenvalue weighted by molar-refractivity contribution is -0.140. The number of amides is 2. The summed E-state index contributed by atoms with van der Waals surface area (Å²) in [6.07, 6.45) is 4.23. The maximum absolute atomic E-state index is 14.6. The second-order valence-electron chi connectivity index (χ2n) is 11.8. The van der Waals surface area contributed by atoms with E-state index in [2.05, 4.69) is 5.32 Å². The number of hydrogen-bond donors (Lipinski definition) is 1. The van der Waals surface area contributed by atoms with Crippen molar-refractivity contribution in [3.05, 3.63) is 131 Å². The van der Waals surface area contributed by atoms with Gasteiger partial charge >= 0.3 is 0 Å². The number of nitrogens with one attached hydrogen (secondary N) is 1. The first kappa shape index (κ1) is 32.0. The second kappa shape index (κ2) is 14.6. The monoisotopic (exact) mass is 623 g/mol. The van der Waals surface area contributed by atoms with Gasteiger partial charge in [-0.05, 0) is 67.1 Å². The van der Waals surface area contributed by atoms with E-state index in [0.717, 1.165) is 47.9 Å².